The lowest BCUT2D eigenvalue weighted by Crippen LogP contribution is -2.47. The molecule has 0 radical (unpaired) electrons. The highest BCUT2D eigenvalue weighted by Gasteiger charge is 2.41. The molecule has 32 heavy (non-hydrogen) atoms. The van der Waals surface area contributed by atoms with Crippen LogP contribution < -0.4 is 0 Å². The van der Waals surface area contributed by atoms with E-state index in [0.29, 0.717) is 12.1 Å². The van der Waals surface area contributed by atoms with E-state index in [9.17, 15) is 13.2 Å². The Morgan fingerprint density at radius 1 is 1.19 bits per heavy atom. The molecule has 0 amide bonds. The highest BCUT2D eigenvalue weighted by atomic mass is 79.9. The van der Waals surface area contributed by atoms with Gasteiger partial charge in [-0.1, -0.05) is 6.07 Å². The molecule has 5 nitrogen and oxygen atoms in total. The molecular weight excluding hydrogens is 485 g/mol. The zero-order valence-corrected chi connectivity index (χ0v) is 19.2. The minimum atomic E-state index is -4.30. The van der Waals surface area contributed by atoms with Crippen LogP contribution in [0.2, 0.25) is 0 Å². The highest BCUT2D eigenvalue weighted by Crippen LogP contribution is 2.42. The van der Waals surface area contributed by atoms with Gasteiger partial charge in [0.1, 0.15) is 6.23 Å². The van der Waals surface area contributed by atoms with Crippen molar-refractivity contribution >= 4 is 26.8 Å². The van der Waals surface area contributed by atoms with Gasteiger partial charge in [-0.05, 0) is 77.9 Å². The maximum Gasteiger partial charge on any atom is 0.401 e. The van der Waals surface area contributed by atoms with E-state index in [0.717, 1.165) is 52.4 Å². The van der Waals surface area contributed by atoms with Crippen molar-refractivity contribution in [2.75, 3.05) is 13.2 Å². The van der Waals surface area contributed by atoms with Gasteiger partial charge in [-0.25, -0.2) is 4.68 Å². The van der Waals surface area contributed by atoms with Gasteiger partial charge in [-0.2, -0.15) is 18.3 Å². The van der Waals surface area contributed by atoms with Gasteiger partial charge in [0.15, 0.2) is 0 Å². The highest BCUT2D eigenvalue weighted by molar-refractivity contribution is 9.10. The number of hydrogen-bond acceptors (Lipinski definition) is 4. The summed E-state index contributed by atoms with van der Waals surface area (Å²) >= 11 is 3.37. The van der Waals surface area contributed by atoms with Crippen molar-refractivity contribution in [3.8, 4) is 0 Å². The average Bonchev–Trinajstić information content (AvgIpc) is 3.20. The van der Waals surface area contributed by atoms with Crippen LogP contribution in [0.3, 0.4) is 0 Å². The Labute approximate surface area is 192 Å². The molecule has 3 aromatic rings. The molecular formula is C23H24BrF3N4O. The van der Waals surface area contributed by atoms with Crippen molar-refractivity contribution in [3.63, 3.8) is 0 Å². The van der Waals surface area contributed by atoms with Gasteiger partial charge in [-0.3, -0.25) is 9.88 Å². The van der Waals surface area contributed by atoms with Crippen LogP contribution in [-0.2, 0) is 11.2 Å². The number of pyridine rings is 1. The van der Waals surface area contributed by atoms with Crippen LogP contribution >= 0.6 is 15.9 Å². The predicted octanol–water partition coefficient (Wildman–Crippen LogP) is 5.79. The van der Waals surface area contributed by atoms with Crippen LogP contribution in [-0.4, -0.2) is 45.0 Å². The van der Waals surface area contributed by atoms with Gasteiger partial charge in [0.25, 0.3) is 0 Å². The molecule has 2 aromatic heterocycles. The number of nitrogens with zero attached hydrogens (tertiary/aromatic N) is 4. The summed E-state index contributed by atoms with van der Waals surface area (Å²) in [5.74, 6) is 0. The van der Waals surface area contributed by atoms with E-state index in [2.05, 4.69) is 20.9 Å². The number of rotatable bonds is 3. The maximum atomic E-state index is 13.5. The zero-order chi connectivity index (χ0) is 22.5. The molecule has 2 aliphatic rings. The van der Waals surface area contributed by atoms with Crippen LogP contribution in [0.1, 0.15) is 55.3 Å². The Morgan fingerprint density at radius 3 is 2.72 bits per heavy atom. The molecule has 0 saturated carbocycles. The molecule has 1 saturated heterocycles. The number of fused-ring (bicyclic) bond motifs is 3. The first-order valence-corrected chi connectivity index (χ1v) is 11.7. The summed E-state index contributed by atoms with van der Waals surface area (Å²) in [4.78, 5) is 5.99. The van der Waals surface area contributed by atoms with Crippen LogP contribution in [0, 0.1) is 0 Å². The van der Waals surface area contributed by atoms with Crippen LogP contribution in [0.25, 0.3) is 10.9 Å². The van der Waals surface area contributed by atoms with Gasteiger partial charge in [0.05, 0.1) is 23.8 Å². The van der Waals surface area contributed by atoms with Crippen molar-refractivity contribution in [2.45, 2.75) is 57.1 Å². The lowest BCUT2D eigenvalue weighted by atomic mass is 9.85. The summed E-state index contributed by atoms with van der Waals surface area (Å²) in [6.45, 7) is 1.59. The Balaban J connectivity index is 1.62. The average molecular weight is 509 g/mol. The number of hydrogen-bond donors (Lipinski definition) is 0. The first kappa shape index (κ1) is 21.9. The van der Waals surface area contributed by atoms with Crippen LogP contribution in [0.5, 0.6) is 0 Å². The standard InChI is InChI=1S/C23H24BrF3N4O/c1-14-10-17-16(6-8-19-18(17)12-31(29-19)21-4-2-3-9-32-21)22(30(14)13-23(25,26)27)20-7-5-15(24)11-28-20/h5-8,11-12,14,21-22H,2-4,9-10,13H2,1H3/t14-,21?,22+/m1/s1. The molecule has 5 rings (SSSR count). The normalized spacial score (nSPS) is 24.6. The molecule has 4 heterocycles. The summed E-state index contributed by atoms with van der Waals surface area (Å²) in [6, 6.07) is 6.55. The smallest absolute Gasteiger partial charge is 0.357 e. The minimum absolute atomic E-state index is 0.0847. The molecule has 2 aliphatic heterocycles. The van der Waals surface area contributed by atoms with E-state index in [1.54, 1.807) is 12.3 Å². The lowest BCUT2D eigenvalue weighted by molar-refractivity contribution is -0.155. The number of benzene rings is 1. The van der Waals surface area contributed by atoms with Crippen LogP contribution in [0.4, 0.5) is 13.2 Å². The van der Waals surface area contributed by atoms with Gasteiger partial charge in [0.2, 0.25) is 0 Å². The Hall–Kier alpha value is -1.97. The fourth-order valence-electron chi connectivity index (χ4n) is 4.93. The number of halogens is 4. The second-order valence-electron chi connectivity index (χ2n) is 8.64. The third-order valence-electron chi connectivity index (χ3n) is 6.39. The largest absolute Gasteiger partial charge is 0.401 e. The van der Waals surface area contributed by atoms with E-state index in [-0.39, 0.29) is 12.3 Å². The van der Waals surface area contributed by atoms with Gasteiger partial charge >= 0.3 is 6.18 Å². The van der Waals surface area contributed by atoms with Crippen molar-refractivity contribution < 1.29 is 17.9 Å². The number of aromatic nitrogens is 3. The van der Waals surface area contributed by atoms with Crippen LogP contribution in [0.15, 0.2) is 41.1 Å². The zero-order valence-electron chi connectivity index (χ0n) is 17.6. The fourth-order valence-corrected chi connectivity index (χ4v) is 5.16. The van der Waals surface area contributed by atoms with Crippen molar-refractivity contribution in [1.29, 1.82) is 0 Å². The van der Waals surface area contributed by atoms with E-state index in [1.807, 2.05) is 36.0 Å². The second-order valence-corrected chi connectivity index (χ2v) is 9.56. The lowest BCUT2D eigenvalue weighted by Gasteiger charge is -2.42. The molecule has 3 atom stereocenters. The van der Waals surface area contributed by atoms with E-state index in [4.69, 9.17) is 9.84 Å². The molecule has 1 unspecified atom stereocenters. The Morgan fingerprint density at radius 2 is 2.03 bits per heavy atom. The first-order valence-electron chi connectivity index (χ1n) is 10.9. The molecule has 1 fully saturated rings. The van der Waals surface area contributed by atoms with Gasteiger partial charge in [-0.15, -0.1) is 0 Å². The topological polar surface area (TPSA) is 43.2 Å². The number of ether oxygens (including phenoxy) is 1. The second kappa shape index (κ2) is 8.43. The van der Waals surface area contributed by atoms with E-state index in [1.165, 1.54) is 4.90 Å². The minimum Gasteiger partial charge on any atom is -0.357 e. The summed E-state index contributed by atoms with van der Waals surface area (Å²) < 4.78 is 49.1. The fraction of sp³-hybridized carbons (Fsp3) is 0.478. The Bertz CT molecular complexity index is 1110. The molecule has 0 bridgehead atoms. The van der Waals surface area contributed by atoms with Gasteiger partial charge < -0.3 is 4.74 Å². The Kier molecular flexibility index (Phi) is 5.75. The summed E-state index contributed by atoms with van der Waals surface area (Å²) in [6.07, 6.45) is 2.84. The van der Waals surface area contributed by atoms with Crippen molar-refractivity contribution in [2.24, 2.45) is 0 Å². The third-order valence-corrected chi connectivity index (χ3v) is 6.86. The maximum absolute atomic E-state index is 13.5. The quantitative estimate of drug-likeness (QED) is 0.449. The number of alkyl halides is 3. The molecule has 1 aromatic carbocycles. The summed E-state index contributed by atoms with van der Waals surface area (Å²) in [5.41, 5.74) is 3.36. The molecule has 170 valence electrons. The van der Waals surface area contributed by atoms with Crippen molar-refractivity contribution in [1.82, 2.24) is 19.7 Å². The third kappa shape index (κ3) is 4.18. The monoisotopic (exact) mass is 508 g/mol. The molecule has 0 aliphatic carbocycles. The predicted molar refractivity (Wildman–Crippen MR) is 118 cm³/mol. The summed E-state index contributed by atoms with van der Waals surface area (Å²) in [5, 5.41) is 5.72. The first-order chi connectivity index (χ1) is 15.3. The molecule has 9 heteroatoms. The van der Waals surface area contributed by atoms with E-state index < -0.39 is 18.8 Å². The molecule has 0 N–H and O–H groups in total. The van der Waals surface area contributed by atoms with E-state index >= 15 is 0 Å². The van der Waals surface area contributed by atoms with Crippen molar-refractivity contribution in [3.05, 3.63) is 58.0 Å². The summed E-state index contributed by atoms with van der Waals surface area (Å²) in [7, 11) is 0. The molecule has 0 spiro atoms. The van der Waals surface area contributed by atoms with Gasteiger partial charge in [0, 0.05) is 34.9 Å². The SMILES string of the molecule is C[C@@H]1Cc2c(ccc3nn(C4CCCCO4)cc23)[C@@H](c2ccc(Br)cn2)N1CC(F)(F)F.